The highest BCUT2D eigenvalue weighted by atomic mass is 35.5. The van der Waals surface area contributed by atoms with Gasteiger partial charge < -0.3 is 16.0 Å². The number of hydrogen-bond donors (Lipinski definition) is 2. The van der Waals surface area contributed by atoms with Crippen molar-refractivity contribution < 1.29 is 4.79 Å². The summed E-state index contributed by atoms with van der Waals surface area (Å²) in [5, 5.41) is 3.29. The summed E-state index contributed by atoms with van der Waals surface area (Å²) in [6, 6.07) is 10.9. The van der Waals surface area contributed by atoms with Crippen LogP contribution in [0.5, 0.6) is 0 Å². The standard InChI is InChI=1S/C18H22ClN5O/c19-16-13-14(20)4-5-15(16)18(25)22-7-8-23-9-11-24(12-10-23)17-3-1-2-6-21-17/h1-6,13H,7-12,20H2,(H,22,25). The second-order valence-electron chi connectivity index (χ2n) is 6.01. The van der Waals surface area contributed by atoms with E-state index in [1.165, 1.54) is 0 Å². The Morgan fingerprint density at radius 2 is 2.00 bits per heavy atom. The molecular formula is C18H22ClN5O. The number of benzene rings is 1. The van der Waals surface area contributed by atoms with E-state index in [4.69, 9.17) is 17.3 Å². The second-order valence-corrected chi connectivity index (χ2v) is 6.42. The van der Waals surface area contributed by atoms with Crippen LogP contribution in [0.15, 0.2) is 42.6 Å². The number of anilines is 2. The third kappa shape index (κ3) is 4.61. The van der Waals surface area contributed by atoms with Gasteiger partial charge >= 0.3 is 0 Å². The summed E-state index contributed by atoms with van der Waals surface area (Å²) < 4.78 is 0. The van der Waals surface area contributed by atoms with Crippen LogP contribution in [0, 0.1) is 0 Å². The van der Waals surface area contributed by atoms with Crippen molar-refractivity contribution in [2.45, 2.75) is 0 Å². The fraction of sp³-hybridized carbons (Fsp3) is 0.333. The van der Waals surface area contributed by atoms with E-state index in [0.29, 0.717) is 22.8 Å². The van der Waals surface area contributed by atoms with E-state index in [2.05, 4.69) is 20.1 Å². The largest absolute Gasteiger partial charge is 0.399 e. The van der Waals surface area contributed by atoms with E-state index in [-0.39, 0.29) is 5.91 Å². The van der Waals surface area contributed by atoms with E-state index in [0.717, 1.165) is 38.5 Å². The molecule has 0 bridgehead atoms. The van der Waals surface area contributed by atoms with Crippen molar-refractivity contribution in [3.63, 3.8) is 0 Å². The van der Waals surface area contributed by atoms with E-state index < -0.39 is 0 Å². The molecule has 6 nitrogen and oxygen atoms in total. The summed E-state index contributed by atoms with van der Waals surface area (Å²) in [4.78, 5) is 21.2. The van der Waals surface area contributed by atoms with Crippen LogP contribution in [-0.4, -0.2) is 55.1 Å². The molecule has 1 aliphatic rings. The van der Waals surface area contributed by atoms with Gasteiger partial charge in [-0.15, -0.1) is 0 Å². The molecule has 0 saturated carbocycles. The molecule has 3 N–H and O–H groups in total. The van der Waals surface area contributed by atoms with Crippen LogP contribution in [0.1, 0.15) is 10.4 Å². The van der Waals surface area contributed by atoms with Gasteiger partial charge in [0.25, 0.3) is 5.91 Å². The van der Waals surface area contributed by atoms with Gasteiger partial charge in [0.05, 0.1) is 10.6 Å². The number of pyridine rings is 1. The first-order chi connectivity index (χ1) is 12.1. The SMILES string of the molecule is Nc1ccc(C(=O)NCCN2CCN(c3ccccn3)CC2)c(Cl)c1. The molecule has 1 amide bonds. The summed E-state index contributed by atoms with van der Waals surface area (Å²) in [5.74, 6) is 0.852. The normalized spacial score (nSPS) is 15.2. The fourth-order valence-electron chi connectivity index (χ4n) is 2.88. The molecule has 1 aromatic heterocycles. The van der Waals surface area contributed by atoms with Crippen LogP contribution < -0.4 is 16.0 Å². The van der Waals surface area contributed by atoms with Gasteiger partial charge in [-0.1, -0.05) is 17.7 Å². The molecule has 0 unspecified atom stereocenters. The summed E-state index contributed by atoms with van der Waals surface area (Å²) in [7, 11) is 0. The highest BCUT2D eigenvalue weighted by molar-refractivity contribution is 6.34. The number of rotatable bonds is 5. The minimum Gasteiger partial charge on any atom is -0.399 e. The molecule has 1 aliphatic heterocycles. The molecule has 1 saturated heterocycles. The molecule has 7 heteroatoms. The maximum absolute atomic E-state index is 12.2. The number of halogens is 1. The number of carbonyl (C=O) groups excluding carboxylic acids is 1. The third-order valence-electron chi connectivity index (χ3n) is 4.30. The van der Waals surface area contributed by atoms with Crippen molar-refractivity contribution in [3.8, 4) is 0 Å². The Morgan fingerprint density at radius 3 is 2.68 bits per heavy atom. The average Bonchev–Trinajstić information content (AvgIpc) is 2.63. The number of nitrogens with one attached hydrogen (secondary N) is 1. The van der Waals surface area contributed by atoms with Crippen molar-refractivity contribution in [1.82, 2.24) is 15.2 Å². The Balaban J connectivity index is 1.42. The van der Waals surface area contributed by atoms with E-state index in [1.807, 2.05) is 24.4 Å². The lowest BCUT2D eigenvalue weighted by Crippen LogP contribution is -2.48. The van der Waals surface area contributed by atoms with Gasteiger partial charge in [-0.2, -0.15) is 0 Å². The van der Waals surface area contributed by atoms with E-state index in [1.54, 1.807) is 18.2 Å². The van der Waals surface area contributed by atoms with Crippen molar-refractivity contribution >= 4 is 29.0 Å². The molecule has 0 spiro atoms. The van der Waals surface area contributed by atoms with Gasteiger partial charge in [0, 0.05) is 51.2 Å². The summed E-state index contributed by atoms with van der Waals surface area (Å²) >= 11 is 6.06. The minimum atomic E-state index is -0.169. The molecule has 132 valence electrons. The Morgan fingerprint density at radius 1 is 1.20 bits per heavy atom. The molecule has 2 aromatic rings. The molecule has 1 fully saturated rings. The molecule has 0 radical (unpaired) electrons. The van der Waals surface area contributed by atoms with Gasteiger partial charge in [-0.05, 0) is 30.3 Å². The Labute approximate surface area is 152 Å². The molecule has 0 aliphatic carbocycles. The Bertz CT molecular complexity index is 717. The smallest absolute Gasteiger partial charge is 0.252 e. The van der Waals surface area contributed by atoms with Crippen molar-refractivity contribution in [2.24, 2.45) is 0 Å². The fourth-order valence-corrected chi connectivity index (χ4v) is 3.15. The summed E-state index contributed by atoms with van der Waals surface area (Å²) in [6.07, 6.45) is 1.82. The number of nitrogens with zero attached hydrogens (tertiary/aromatic N) is 3. The van der Waals surface area contributed by atoms with Crippen LogP contribution in [0.4, 0.5) is 11.5 Å². The maximum atomic E-state index is 12.2. The van der Waals surface area contributed by atoms with Crippen LogP contribution in [0.2, 0.25) is 5.02 Å². The van der Waals surface area contributed by atoms with Crippen molar-refractivity contribution in [2.75, 3.05) is 49.9 Å². The number of hydrogen-bond acceptors (Lipinski definition) is 5. The van der Waals surface area contributed by atoms with Gasteiger partial charge in [0.1, 0.15) is 5.82 Å². The summed E-state index contributed by atoms with van der Waals surface area (Å²) in [5.41, 5.74) is 6.65. The first kappa shape index (κ1) is 17.5. The van der Waals surface area contributed by atoms with Crippen molar-refractivity contribution in [1.29, 1.82) is 0 Å². The molecular weight excluding hydrogens is 338 g/mol. The van der Waals surface area contributed by atoms with Crippen LogP contribution in [-0.2, 0) is 0 Å². The van der Waals surface area contributed by atoms with Gasteiger partial charge in [0.15, 0.2) is 0 Å². The number of piperazine rings is 1. The predicted molar refractivity (Wildman–Crippen MR) is 101 cm³/mol. The Kier molecular flexibility index (Phi) is 5.73. The highest BCUT2D eigenvalue weighted by Crippen LogP contribution is 2.19. The maximum Gasteiger partial charge on any atom is 0.252 e. The quantitative estimate of drug-likeness (QED) is 0.797. The molecule has 2 heterocycles. The lowest BCUT2D eigenvalue weighted by atomic mass is 10.2. The third-order valence-corrected chi connectivity index (χ3v) is 4.61. The predicted octanol–water partition coefficient (Wildman–Crippen LogP) is 1.87. The molecule has 1 aromatic carbocycles. The van der Waals surface area contributed by atoms with Crippen LogP contribution in [0.25, 0.3) is 0 Å². The number of carbonyl (C=O) groups is 1. The zero-order chi connectivity index (χ0) is 17.6. The first-order valence-electron chi connectivity index (χ1n) is 8.35. The average molecular weight is 360 g/mol. The zero-order valence-corrected chi connectivity index (χ0v) is 14.7. The van der Waals surface area contributed by atoms with Gasteiger partial charge in [-0.25, -0.2) is 4.98 Å². The number of aromatic nitrogens is 1. The van der Waals surface area contributed by atoms with Crippen LogP contribution >= 0.6 is 11.6 Å². The second kappa shape index (κ2) is 8.18. The molecule has 0 atom stereocenters. The topological polar surface area (TPSA) is 74.5 Å². The molecule has 3 rings (SSSR count). The van der Waals surface area contributed by atoms with Crippen LogP contribution in [0.3, 0.4) is 0 Å². The van der Waals surface area contributed by atoms with E-state index in [9.17, 15) is 4.79 Å². The van der Waals surface area contributed by atoms with Gasteiger partial charge in [-0.3, -0.25) is 9.69 Å². The zero-order valence-electron chi connectivity index (χ0n) is 14.0. The number of nitrogens with two attached hydrogens (primary N) is 1. The Hall–Kier alpha value is -2.31. The lowest BCUT2D eigenvalue weighted by molar-refractivity contribution is 0.0948. The lowest BCUT2D eigenvalue weighted by Gasteiger charge is -2.35. The number of nitrogen functional groups attached to an aromatic ring is 1. The molecule has 25 heavy (non-hydrogen) atoms. The first-order valence-corrected chi connectivity index (χ1v) is 8.73. The summed E-state index contributed by atoms with van der Waals surface area (Å²) in [6.45, 7) is 5.19. The minimum absolute atomic E-state index is 0.169. The monoisotopic (exact) mass is 359 g/mol. The van der Waals surface area contributed by atoms with E-state index >= 15 is 0 Å². The van der Waals surface area contributed by atoms with Crippen molar-refractivity contribution in [3.05, 3.63) is 53.2 Å². The number of amides is 1. The van der Waals surface area contributed by atoms with Gasteiger partial charge in [0.2, 0.25) is 0 Å². The highest BCUT2D eigenvalue weighted by Gasteiger charge is 2.18.